The normalized spacial score (nSPS) is 11.4. The van der Waals surface area contributed by atoms with Crippen molar-refractivity contribution in [3.05, 3.63) is 91.0 Å². The van der Waals surface area contributed by atoms with E-state index in [2.05, 4.69) is 0 Å². The number of rotatable bonds is 3. The number of benzene rings is 3. The Hall–Kier alpha value is -2.06. The highest BCUT2D eigenvalue weighted by molar-refractivity contribution is 8.03. The summed E-state index contributed by atoms with van der Waals surface area (Å²) in [6.45, 7) is 0. The molecule has 25 heavy (non-hydrogen) atoms. The first-order valence-corrected chi connectivity index (χ1v) is 9.92. The van der Waals surface area contributed by atoms with Gasteiger partial charge in [-0.25, -0.2) is 18.6 Å². The lowest BCUT2D eigenvalue weighted by atomic mass is 10.4. The molecule has 0 spiro atoms. The van der Waals surface area contributed by atoms with Crippen molar-refractivity contribution in [2.45, 2.75) is 14.7 Å². The minimum Gasteiger partial charge on any atom is -0.222 e. The Morgan fingerprint density at radius 2 is 0.720 bits per heavy atom. The highest BCUT2D eigenvalue weighted by atomic mass is 35.7. The van der Waals surface area contributed by atoms with Crippen molar-refractivity contribution in [1.29, 1.82) is 0 Å². The van der Waals surface area contributed by atoms with Crippen molar-refractivity contribution < 1.29 is 33.1 Å². The Bertz CT molecular complexity index is 711. The predicted molar refractivity (Wildman–Crippen MR) is 82.2 cm³/mol. The molecule has 0 aromatic heterocycles. The van der Waals surface area contributed by atoms with Crippen molar-refractivity contribution in [1.82, 2.24) is 0 Å². The van der Waals surface area contributed by atoms with E-state index >= 15 is 0 Å². The van der Waals surface area contributed by atoms with E-state index in [1.165, 1.54) is 0 Å². The Labute approximate surface area is 149 Å². The molecule has 3 rings (SSSR count). The summed E-state index contributed by atoms with van der Waals surface area (Å²) in [6.07, 6.45) is 0. The van der Waals surface area contributed by atoms with Crippen LogP contribution in [-0.4, -0.2) is 0 Å². The lowest BCUT2D eigenvalue weighted by Gasteiger charge is -2.17. The molecule has 0 saturated carbocycles. The molecule has 0 unspecified atom stereocenters. The topological polar surface area (TPSA) is 109 Å². The molecule has 0 fully saturated rings. The van der Waals surface area contributed by atoms with Crippen molar-refractivity contribution in [2.24, 2.45) is 0 Å². The molecule has 0 N–H and O–H groups in total. The van der Waals surface area contributed by atoms with Crippen LogP contribution in [0.15, 0.2) is 106 Å². The van der Waals surface area contributed by atoms with Gasteiger partial charge in [0, 0.05) is 0 Å². The first-order valence-electron chi connectivity index (χ1n) is 7.13. The maximum absolute atomic E-state index is 13.8. The van der Waals surface area contributed by atoms with Crippen LogP contribution in [0.4, 0.5) is 0 Å². The summed E-state index contributed by atoms with van der Waals surface area (Å²) in [6, 6.07) is 29.0. The third-order valence-electron chi connectivity index (χ3n) is 3.23. The zero-order chi connectivity index (χ0) is 18.3. The highest BCUT2D eigenvalue weighted by Crippen LogP contribution is 2.35. The van der Waals surface area contributed by atoms with E-state index in [0.29, 0.717) is 0 Å². The molecule has 0 aliphatic rings. The summed E-state index contributed by atoms with van der Waals surface area (Å²) < 4.78 is 47.8. The molecule has 0 bridgehead atoms. The summed E-state index contributed by atoms with van der Waals surface area (Å²) in [5, 5.41) is 0. The van der Waals surface area contributed by atoms with E-state index in [1.54, 1.807) is 0 Å². The van der Waals surface area contributed by atoms with Gasteiger partial charge >= 0.3 is 0 Å². The van der Waals surface area contributed by atoms with E-state index in [1.807, 2.05) is 91.0 Å². The summed E-state index contributed by atoms with van der Waals surface area (Å²) in [5.41, 5.74) is 0. The fourth-order valence-corrected chi connectivity index (χ4v) is 4.68. The van der Waals surface area contributed by atoms with Gasteiger partial charge < -0.3 is 0 Å². The van der Waals surface area contributed by atoms with Gasteiger partial charge in [-0.15, -0.1) is 10.2 Å². The summed E-state index contributed by atoms with van der Waals surface area (Å²) in [5.74, 6) is 0. The lowest BCUT2D eigenvalue weighted by molar-refractivity contribution is -2.00. The third kappa shape index (κ3) is 5.47. The van der Waals surface area contributed by atoms with Crippen molar-refractivity contribution >= 4 is 9.93 Å². The molecular weight excluding hydrogens is 364 g/mol. The van der Waals surface area contributed by atoms with Gasteiger partial charge in [-0.3, -0.25) is 0 Å². The largest absolute Gasteiger partial charge is 0.222 e. The van der Waals surface area contributed by atoms with E-state index < -0.39 is 20.2 Å². The summed E-state index contributed by atoms with van der Waals surface area (Å²) in [7, 11) is -7.37. The van der Waals surface area contributed by atoms with Crippen molar-refractivity contribution in [3.8, 4) is 0 Å². The maximum Gasteiger partial charge on any atom is 0.182 e. The van der Waals surface area contributed by atoms with Crippen LogP contribution in [0.1, 0.15) is 0 Å². The second-order valence-corrected chi connectivity index (χ2v) is 8.16. The molecule has 3 aromatic carbocycles. The fourth-order valence-electron chi connectivity index (χ4n) is 2.24. The van der Waals surface area contributed by atoms with Gasteiger partial charge in [-0.2, -0.15) is 0 Å². The summed E-state index contributed by atoms with van der Waals surface area (Å²) in [4.78, 5) is 2.53. The van der Waals surface area contributed by atoms with Gasteiger partial charge in [0.15, 0.2) is 24.6 Å². The molecule has 0 saturated heterocycles. The molecule has 5 nitrogen and oxygen atoms in total. The smallest absolute Gasteiger partial charge is 0.182 e. The quantitative estimate of drug-likeness (QED) is 0.591. The van der Waals surface area contributed by atoms with E-state index in [0.717, 1.165) is 14.7 Å². The molecule has 130 valence electrons. The van der Waals surface area contributed by atoms with Gasteiger partial charge in [0.05, 0.1) is 0 Å². The number of hydrogen-bond donors (Lipinski definition) is 0. The fraction of sp³-hybridized carbons (Fsp3) is 0. The van der Waals surface area contributed by atoms with Crippen LogP contribution in [0, 0.1) is 10.2 Å². The van der Waals surface area contributed by atoms with Crippen LogP contribution < -0.4 is 18.6 Å². The van der Waals surface area contributed by atoms with E-state index in [4.69, 9.17) is 18.6 Å². The van der Waals surface area contributed by atoms with Crippen LogP contribution in [0.3, 0.4) is 0 Å². The second-order valence-electron chi connectivity index (χ2n) is 4.87. The Balaban J connectivity index is 0.000000399. The molecule has 0 aliphatic heterocycles. The lowest BCUT2D eigenvalue weighted by Crippen LogP contribution is -2.68. The average Bonchev–Trinajstić information content (AvgIpc) is 2.62. The molecule has 3 aromatic rings. The summed E-state index contributed by atoms with van der Waals surface area (Å²) >= 11 is 0. The first kappa shape index (κ1) is 19.3. The van der Waals surface area contributed by atoms with Crippen molar-refractivity contribution in [2.75, 3.05) is 0 Å². The molecule has 7 heteroatoms. The van der Waals surface area contributed by atoms with E-state index in [9.17, 15) is 4.21 Å². The number of hydrogen-bond acceptors (Lipinski definition) is 5. The zero-order valence-electron chi connectivity index (χ0n) is 13.0. The third-order valence-corrected chi connectivity index (χ3v) is 6.03. The van der Waals surface area contributed by atoms with Crippen LogP contribution in [0.25, 0.3) is 0 Å². The van der Waals surface area contributed by atoms with Gasteiger partial charge in [-0.05, 0) is 36.4 Å². The van der Waals surface area contributed by atoms with Gasteiger partial charge in [0.2, 0.25) is 0 Å². The van der Waals surface area contributed by atoms with Crippen LogP contribution in [-0.2, 0) is 14.1 Å². The first-order chi connectivity index (χ1) is 11.8. The van der Waals surface area contributed by atoms with E-state index in [-0.39, 0.29) is 0 Å². The average molecular weight is 379 g/mol. The Morgan fingerprint density at radius 3 is 0.920 bits per heavy atom. The monoisotopic (exact) mass is 378 g/mol. The van der Waals surface area contributed by atoms with Crippen LogP contribution >= 0.6 is 0 Å². The van der Waals surface area contributed by atoms with Gasteiger partial charge in [0.25, 0.3) is 0 Å². The number of halogens is 1. The zero-order valence-corrected chi connectivity index (χ0v) is 14.6. The Morgan fingerprint density at radius 1 is 0.520 bits per heavy atom. The minimum atomic E-state index is -4.94. The minimum absolute atomic E-state index is 0.845. The van der Waals surface area contributed by atoms with Gasteiger partial charge in [-0.1, -0.05) is 58.8 Å². The molecule has 0 atom stereocenters. The molecule has 0 heterocycles. The molecule has 0 radical (unpaired) electrons. The molecule has 0 aliphatic carbocycles. The maximum atomic E-state index is 13.8. The highest BCUT2D eigenvalue weighted by Gasteiger charge is 2.36. The van der Waals surface area contributed by atoms with Crippen LogP contribution in [0.2, 0.25) is 0 Å². The van der Waals surface area contributed by atoms with Crippen molar-refractivity contribution in [3.63, 3.8) is 0 Å². The predicted octanol–water partition coefficient (Wildman–Crippen LogP) is -0.0928. The second kappa shape index (κ2) is 8.35. The SMILES string of the molecule is O=[S+](c1ccccc1)(c1ccccc1)c1ccccc1.[O-][Cl+3]([O-])([O-])[O-]. The van der Waals surface area contributed by atoms with Crippen LogP contribution in [0.5, 0.6) is 0 Å². The molecule has 0 amide bonds. The molecular formula is C18H15ClO5S. The van der Waals surface area contributed by atoms with Gasteiger partial charge in [0.1, 0.15) is 0 Å². The standard InChI is InChI=1S/C18H15OS.ClHO4/c19-20(16-10-4-1-5-11-16,17-12-6-2-7-13-17)18-14-8-3-9-15-18;2-1(3,4)5/h1-15H;(H,2,3,4,5)/q+1;/p-1. The Kier molecular flexibility index (Phi) is 6.44.